The van der Waals surface area contributed by atoms with Crippen LogP contribution in [-0.4, -0.2) is 22.2 Å². The number of nitrogens with zero attached hydrogens (tertiary/aromatic N) is 1. The molecule has 1 N–H and O–H groups in total. The minimum Gasteiger partial charge on any atom is -0.352 e. The van der Waals surface area contributed by atoms with Crippen LogP contribution in [0.15, 0.2) is 23.4 Å². The zero-order valence-corrected chi connectivity index (χ0v) is 12.6. The summed E-state index contributed by atoms with van der Waals surface area (Å²) in [6, 6.07) is 3.94. The maximum absolute atomic E-state index is 12.1. The molecule has 5 heteroatoms. The van der Waals surface area contributed by atoms with Gasteiger partial charge in [0.05, 0.1) is 10.3 Å². The van der Waals surface area contributed by atoms with E-state index < -0.39 is 0 Å². The van der Waals surface area contributed by atoms with E-state index in [2.05, 4.69) is 10.3 Å². The van der Waals surface area contributed by atoms with Gasteiger partial charge in [-0.2, -0.15) is 0 Å². The summed E-state index contributed by atoms with van der Waals surface area (Å²) in [5.74, 6) is 0.0821. The van der Waals surface area contributed by atoms with Gasteiger partial charge in [-0.25, -0.2) is 4.98 Å². The van der Waals surface area contributed by atoms with Crippen molar-refractivity contribution in [2.75, 3.05) is 0 Å². The van der Waals surface area contributed by atoms with Crippen LogP contribution in [0.2, 0.25) is 5.02 Å². The maximum Gasteiger partial charge on any atom is 0.233 e. The Morgan fingerprint density at radius 3 is 2.89 bits per heavy atom. The molecular weight excluding hydrogens is 280 g/mol. The summed E-state index contributed by atoms with van der Waals surface area (Å²) < 4.78 is 0. The number of hydrogen-bond donors (Lipinski definition) is 1. The first-order valence-electron chi connectivity index (χ1n) is 6.74. The number of amides is 1. The quantitative estimate of drug-likeness (QED) is 0.863. The van der Waals surface area contributed by atoms with Crippen LogP contribution in [-0.2, 0) is 4.79 Å². The number of carbonyl (C=O) groups is 1. The standard InChI is InChI=1S/C14H19ClN2OS/c1-10(19-14-12(15)8-5-9-16-14)13(18)17-11-6-3-2-4-7-11/h5,8-11H,2-4,6-7H2,1H3,(H,17,18)/t10-/m1/s1. The van der Waals surface area contributed by atoms with Gasteiger partial charge in [-0.3, -0.25) is 4.79 Å². The third kappa shape index (κ3) is 4.39. The van der Waals surface area contributed by atoms with Crippen molar-refractivity contribution in [1.82, 2.24) is 10.3 Å². The van der Waals surface area contributed by atoms with Crippen molar-refractivity contribution in [2.24, 2.45) is 0 Å². The molecule has 1 saturated carbocycles. The van der Waals surface area contributed by atoms with E-state index in [1.807, 2.05) is 6.92 Å². The van der Waals surface area contributed by atoms with E-state index >= 15 is 0 Å². The van der Waals surface area contributed by atoms with Crippen LogP contribution in [0.1, 0.15) is 39.0 Å². The number of rotatable bonds is 4. The largest absolute Gasteiger partial charge is 0.352 e. The SMILES string of the molecule is C[C@@H](Sc1ncccc1Cl)C(=O)NC1CCCCC1. The molecule has 1 aliphatic carbocycles. The van der Waals surface area contributed by atoms with Gasteiger partial charge in [-0.05, 0) is 31.9 Å². The Hall–Kier alpha value is -0.740. The van der Waals surface area contributed by atoms with Gasteiger partial charge in [-0.1, -0.05) is 42.6 Å². The van der Waals surface area contributed by atoms with Crippen molar-refractivity contribution in [1.29, 1.82) is 0 Å². The normalized spacial score (nSPS) is 18.0. The molecule has 1 aromatic rings. The summed E-state index contributed by atoms with van der Waals surface area (Å²) in [5.41, 5.74) is 0. The van der Waals surface area contributed by atoms with E-state index in [4.69, 9.17) is 11.6 Å². The van der Waals surface area contributed by atoms with Gasteiger partial charge in [-0.15, -0.1) is 0 Å². The second-order valence-corrected chi connectivity index (χ2v) is 6.63. The average Bonchev–Trinajstić information content (AvgIpc) is 2.42. The van der Waals surface area contributed by atoms with Gasteiger partial charge >= 0.3 is 0 Å². The van der Waals surface area contributed by atoms with Crippen molar-refractivity contribution in [3.63, 3.8) is 0 Å². The van der Waals surface area contributed by atoms with E-state index in [-0.39, 0.29) is 11.2 Å². The molecule has 1 amide bonds. The Balaban J connectivity index is 1.87. The topological polar surface area (TPSA) is 42.0 Å². The van der Waals surface area contributed by atoms with Crippen LogP contribution in [0.25, 0.3) is 0 Å². The fourth-order valence-electron chi connectivity index (χ4n) is 2.24. The second-order valence-electron chi connectivity index (χ2n) is 4.89. The molecule has 0 spiro atoms. The lowest BCUT2D eigenvalue weighted by molar-refractivity contribution is -0.121. The molecule has 1 heterocycles. The first kappa shape index (κ1) is 14.7. The fourth-order valence-corrected chi connectivity index (χ4v) is 3.31. The summed E-state index contributed by atoms with van der Waals surface area (Å²) in [6.45, 7) is 1.90. The molecule has 0 saturated heterocycles. The van der Waals surface area contributed by atoms with Gasteiger partial charge in [0.1, 0.15) is 5.03 Å². The third-order valence-corrected chi connectivity index (χ3v) is 4.87. The molecule has 0 aromatic carbocycles. The Morgan fingerprint density at radius 1 is 1.47 bits per heavy atom. The summed E-state index contributed by atoms with van der Waals surface area (Å²) in [6.07, 6.45) is 7.64. The minimum atomic E-state index is -0.172. The van der Waals surface area contributed by atoms with Crippen molar-refractivity contribution >= 4 is 29.3 Å². The Labute approximate surface area is 123 Å². The number of thioether (sulfide) groups is 1. The van der Waals surface area contributed by atoms with Crippen molar-refractivity contribution in [3.05, 3.63) is 23.4 Å². The molecule has 1 aliphatic rings. The van der Waals surface area contributed by atoms with Crippen LogP contribution in [0.3, 0.4) is 0 Å². The first-order valence-corrected chi connectivity index (χ1v) is 8.00. The third-order valence-electron chi connectivity index (χ3n) is 3.33. The van der Waals surface area contributed by atoms with Crippen molar-refractivity contribution < 1.29 is 4.79 Å². The van der Waals surface area contributed by atoms with E-state index in [0.29, 0.717) is 11.1 Å². The highest BCUT2D eigenvalue weighted by atomic mass is 35.5. The molecule has 0 bridgehead atoms. The molecule has 2 rings (SSSR count). The van der Waals surface area contributed by atoms with Crippen LogP contribution in [0.4, 0.5) is 0 Å². The highest BCUT2D eigenvalue weighted by molar-refractivity contribution is 8.00. The summed E-state index contributed by atoms with van der Waals surface area (Å²) in [7, 11) is 0. The molecule has 19 heavy (non-hydrogen) atoms. The zero-order chi connectivity index (χ0) is 13.7. The van der Waals surface area contributed by atoms with Gasteiger partial charge in [0.2, 0.25) is 5.91 Å². The molecule has 1 atom stereocenters. The highest BCUT2D eigenvalue weighted by Gasteiger charge is 2.21. The number of hydrogen-bond acceptors (Lipinski definition) is 3. The molecule has 3 nitrogen and oxygen atoms in total. The molecule has 1 fully saturated rings. The minimum absolute atomic E-state index is 0.0821. The molecular formula is C14H19ClN2OS. The fraction of sp³-hybridized carbons (Fsp3) is 0.571. The predicted octanol–water partition coefficient (Wildman–Crippen LogP) is 3.66. The van der Waals surface area contributed by atoms with Gasteiger partial charge in [0, 0.05) is 12.2 Å². The Bertz CT molecular complexity index is 435. The van der Waals surface area contributed by atoms with Crippen LogP contribution >= 0.6 is 23.4 Å². The maximum atomic E-state index is 12.1. The average molecular weight is 299 g/mol. The van der Waals surface area contributed by atoms with Crippen LogP contribution < -0.4 is 5.32 Å². The van der Waals surface area contributed by atoms with E-state index in [0.717, 1.165) is 17.9 Å². The van der Waals surface area contributed by atoms with Gasteiger partial charge in [0.15, 0.2) is 0 Å². The number of aromatic nitrogens is 1. The summed E-state index contributed by atoms with van der Waals surface area (Å²) in [4.78, 5) is 16.3. The number of carbonyl (C=O) groups excluding carboxylic acids is 1. The smallest absolute Gasteiger partial charge is 0.233 e. The first-order chi connectivity index (χ1) is 9.16. The summed E-state index contributed by atoms with van der Waals surface area (Å²) >= 11 is 7.46. The Kier molecular flexibility index (Phi) is 5.52. The van der Waals surface area contributed by atoms with E-state index in [9.17, 15) is 4.79 Å². The molecule has 0 unspecified atom stereocenters. The van der Waals surface area contributed by atoms with E-state index in [1.165, 1.54) is 31.0 Å². The van der Waals surface area contributed by atoms with Gasteiger partial charge in [0.25, 0.3) is 0 Å². The number of nitrogens with one attached hydrogen (secondary N) is 1. The lowest BCUT2D eigenvalue weighted by Crippen LogP contribution is -2.40. The molecule has 104 valence electrons. The van der Waals surface area contributed by atoms with E-state index in [1.54, 1.807) is 18.3 Å². The monoisotopic (exact) mass is 298 g/mol. The lowest BCUT2D eigenvalue weighted by atomic mass is 9.95. The number of pyridine rings is 1. The number of halogens is 1. The Morgan fingerprint density at radius 2 is 2.21 bits per heavy atom. The zero-order valence-electron chi connectivity index (χ0n) is 11.1. The molecule has 0 aliphatic heterocycles. The molecule has 0 radical (unpaired) electrons. The summed E-state index contributed by atoms with van der Waals surface area (Å²) in [5, 5.41) is 4.28. The second kappa shape index (κ2) is 7.15. The van der Waals surface area contributed by atoms with Gasteiger partial charge < -0.3 is 5.32 Å². The lowest BCUT2D eigenvalue weighted by Gasteiger charge is -2.24. The predicted molar refractivity (Wildman–Crippen MR) is 79.6 cm³/mol. The molecule has 1 aromatic heterocycles. The van der Waals surface area contributed by atoms with Crippen LogP contribution in [0, 0.1) is 0 Å². The van der Waals surface area contributed by atoms with Crippen molar-refractivity contribution in [3.8, 4) is 0 Å². The van der Waals surface area contributed by atoms with Crippen molar-refractivity contribution in [2.45, 2.75) is 55.3 Å². The highest BCUT2D eigenvalue weighted by Crippen LogP contribution is 2.28. The van der Waals surface area contributed by atoms with Crippen LogP contribution in [0.5, 0.6) is 0 Å².